The molecule has 0 saturated heterocycles. The maximum atomic E-state index is 11.5. The third-order valence-electron chi connectivity index (χ3n) is 3.49. The Hall–Kier alpha value is -3.21. The fourth-order valence-electron chi connectivity index (χ4n) is 2.38. The molecule has 0 spiro atoms. The first-order valence-electron chi connectivity index (χ1n) is 7.58. The van der Waals surface area contributed by atoms with Crippen molar-refractivity contribution in [1.82, 2.24) is 9.97 Å². The lowest BCUT2D eigenvalue weighted by Gasteiger charge is -2.09. The van der Waals surface area contributed by atoms with Crippen molar-refractivity contribution in [1.29, 1.82) is 0 Å². The highest BCUT2D eigenvalue weighted by Gasteiger charge is 2.14. The van der Waals surface area contributed by atoms with Crippen LogP contribution < -0.4 is 4.74 Å². The van der Waals surface area contributed by atoms with Crippen molar-refractivity contribution in [2.24, 2.45) is 0 Å². The Kier molecular flexibility index (Phi) is 4.52. The Bertz CT molecular complexity index is 863. The molecule has 120 valence electrons. The van der Waals surface area contributed by atoms with Crippen LogP contribution in [0.1, 0.15) is 17.3 Å². The summed E-state index contributed by atoms with van der Waals surface area (Å²) in [5, 5.41) is 9.38. The van der Waals surface area contributed by atoms with E-state index in [4.69, 9.17) is 4.74 Å². The average molecular weight is 320 g/mol. The average Bonchev–Trinajstić information content (AvgIpc) is 2.63. The van der Waals surface area contributed by atoms with Crippen molar-refractivity contribution in [3.8, 4) is 28.4 Å². The van der Waals surface area contributed by atoms with Crippen LogP contribution in [0.25, 0.3) is 22.6 Å². The zero-order valence-corrected chi connectivity index (χ0v) is 13.1. The summed E-state index contributed by atoms with van der Waals surface area (Å²) in [5.74, 6) is -0.0809. The van der Waals surface area contributed by atoms with E-state index in [2.05, 4.69) is 9.97 Å². The lowest BCUT2D eigenvalue weighted by molar-refractivity contribution is 0.0692. The molecule has 3 aromatic rings. The fourth-order valence-corrected chi connectivity index (χ4v) is 2.38. The van der Waals surface area contributed by atoms with E-state index in [1.165, 1.54) is 0 Å². The summed E-state index contributed by atoms with van der Waals surface area (Å²) in [6.07, 6.45) is 1.67. The highest BCUT2D eigenvalue weighted by molar-refractivity contribution is 5.92. The molecule has 2 aromatic carbocycles. The summed E-state index contributed by atoms with van der Waals surface area (Å²) in [4.78, 5) is 20.3. The van der Waals surface area contributed by atoms with Crippen LogP contribution >= 0.6 is 0 Å². The number of ether oxygens (including phenoxy) is 1. The molecule has 1 aromatic heterocycles. The SMILES string of the molecule is CCOc1ccc(-c2ccnc(-c3ccccc3)n2)cc1C(=O)O. The summed E-state index contributed by atoms with van der Waals surface area (Å²) in [6.45, 7) is 2.22. The van der Waals surface area contributed by atoms with Gasteiger partial charge in [0.1, 0.15) is 11.3 Å². The van der Waals surface area contributed by atoms with Gasteiger partial charge in [0.25, 0.3) is 0 Å². The Labute approximate surface area is 139 Å². The molecule has 0 unspecified atom stereocenters. The number of hydrogen-bond donors (Lipinski definition) is 1. The van der Waals surface area contributed by atoms with E-state index in [0.29, 0.717) is 29.4 Å². The van der Waals surface area contributed by atoms with Gasteiger partial charge in [-0.25, -0.2) is 14.8 Å². The van der Waals surface area contributed by atoms with Gasteiger partial charge in [0.05, 0.1) is 12.3 Å². The molecule has 0 aliphatic carbocycles. The smallest absolute Gasteiger partial charge is 0.339 e. The van der Waals surface area contributed by atoms with Gasteiger partial charge in [-0.3, -0.25) is 0 Å². The van der Waals surface area contributed by atoms with Crippen LogP contribution in [0.15, 0.2) is 60.8 Å². The molecule has 0 aliphatic heterocycles. The Morgan fingerprint density at radius 2 is 1.88 bits per heavy atom. The number of carbonyl (C=O) groups is 1. The van der Waals surface area contributed by atoms with Gasteiger partial charge in [-0.05, 0) is 31.2 Å². The van der Waals surface area contributed by atoms with E-state index in [9.17, 15) is 9.90 Å². The van der Waals surface area contributed by atoms with E-state index in [1.54, 1.807) is 30.5 Å². The van der Waals surface area contributed by atoms with Crippen LogP contribution in [0.4, 0.5) is 0 Å². The van der Waals surface area contributed by atoms with Gasteiger partial charge in [-0.1, -0.05) is 30.3 Å². The first-order chi connectivity index (χ1) is 11.7. The minimum Gasteiger partial charge on any atom is -0.493 e. The number of rotatable bonds is 5. The first-order valence-corrected chi connectivity index (χ1v) is 7.58. The Morgan fingerprint density at radius 1 is 1.08 bits per heavy atom. The molecule has 0 radical (unpaired) electrons. The van der Waals surface area contributed by atoms with Crippen LogP contribution in [0.5, 0.6) is 5.75 Å². The topological polar surface area (TPSA) is 72.3 Å². The molecular formula is C19H16N2O3. The number of carboxylic acid groups (broad SMARTS) is 1. The highest BCUT2D eigenvalue weighted by Crippen LogP contribution is 2.27. The van der Waals surface area contributed by atoms with Gasteiger partial charge in [0, 0.05) is 17.3 Å². The second-order valence-electron chi connectivity index (χ2n) is 5.08. The predicted molar refractivity (Wildman–Crippen MR) is 91.0 cm³/mol. The van der Waals surface area contributed by atoms with Crippen molar-refractivity contribution in [3.05, 3.63) is 66.4 Å². The van der Waals surface area contributed by atoms with Gasteiger partial charge < -0.3 is 9.84 Å². The van der Waals surface area contributed by atoms with E-state index in [1.807, 2.05) is 37.3 Å². The standard InChI is InChI=1S/C19H16N2O3/c1-2-24-17-9-8-14(12-15(17)19(22)23)16-10-11-20-18(21-16)13-6-4-3-5-7-13/h3-12H,2H2,1H3,(H,22,23). The highest BCUT2D eigenvalue weighted by atomic mass is 16.5. The molecule has 0 amide bonds. The second kappa shape index (κ2) is 6.91. The molecule has 3 rings (SSSR count). The molecule has 0 fully saturated rings. The number of aromatic nitrogens is 2. The summed E-state index contributed by atoms with van der Waals surface area (Å²) in [6, 6.07) is 16.4. The lowest BCUT2D eigenvalue weighted by atomic mass is 10.1. The van der Waals surface area contributed by atoms with E-state index in [0.717, 1.165) is 5.56 Å². The Morgan fingerprint density at radius 3 is 2.58 bits per heavy atom. The molecule has 0 bridgehead atoms. The number of aromatic carboxylic acids is 1. The fraction of sp³-hybridized carbons (Fsp3) is 0.105. The molecule has 5 nitrogen and oxygen atoms in total. The van der Waals surface area contributed by atoms with Crippen molar-refractivity contribution >= 4 is 5.97 Å². The van der Waals surface area contributed by atoms with Crippen molar-refractivity contribution < 1.29 is 14.6 Å². The van der Waals surface area contributed by atoms with Crippen LogP contribution in [0.3, 0.4) is 0 Å². The normalized spacial score (nSPS) is 10.4. The van der Waals surface area contributed by atoms with Gasteiger partial charge >= 0.3 is 5.97 Å². The minimum absolute atomic E-state index is 0.120. The molecule has 0 aliphatic rings. The van der Waals surface area contributed by atoms with Crippen LogP contribution in [0, 0.1) is 0 Å². The monoisotopic (exact) mass is 320 g/mol. The summed E-state index contributed by atoms with van der Waals surface area (Å²) >= 11 is 0. The predicted octanol–water partition coefficient (Wildman–Crippen LogP) is 3.91. The van der Waals surface area contributed by atoms with Gasteiger partial charge in [-0.15, -0.1) is 0 Å². The number of carboxylic acids is 1. The van der Waals surface area contributed by atoms with Crippen LogP contribution in [-0.4, -0.2) is 27.7 Å². The lowest BCUT2D eigenvalue weighted by Crippen LogP contribution is -2.03. The molecule has 0 saturated carbocycles. The quantitative estimate of drug-likeness (QED) is 0.771. The minimum atomic E-state index is -1.03. The third-order valence-corrected chi connectivity index (χ3v) is 3.49. The third kappa shape index (κ3) is 3.25. The largest absolute Gasteiger partial charge is 0.493 e. The number of hydrogen-bond acceptors (Lipinski definition) is 4. The van der Waals surface area contributed by atoms with Crippen molar-refractivity contribution in [2.45, 2.75) is 6.92 Å². The summed E-state index contributed by atoms with van der Waals surface area (Å²) in [5.41, 5.74) is 2.39. The molecular weight excluding hydrogens is 304 g/mol. The molecule has 0 atom stereocenters. The first kappa shape index (κ1) is 15.7. The van der Waals surface area contributed by atoms with Gasteiger partial charge in [0.2, 0.25) is 0 Å². The Balaban J connectivity index is 2.03. The van der Waals surface area contributed by atoms with E-state index >= 15 is 0 Å². The van der Waals surface area contributed by atoms with Crippen LogP contribution in [-0.2, 0) is 0 Å². The zero-order chi connectivity index (χ0) is 16.9. The summed E-state index contributed by atoms with van der Waals surface area (Å²) < 4.78 is 5.37. The number of nitrogens with zero attached hydrogens (tertiary/aromatic N) is 2. The number of benzene rings is 2. The maximum absolute atomic E-state index is 11.5. The maximum Gasteiger partial charge on any atom is 0.339 e. The van der Waals surface area contributed by atoms with Gasteiger partial charge in [-0.2, -0.15) is 0 Å². The molecule has 5 heteroatoms. The zero-order valence-electron chi connectivity index (χ0n) is 13.1. The molecule has 1 N–H and O–H groups in total. The molecule has 24 heavy (non-hydrogen) atoms. The van der Waals surface area contributed by atoms with Gasteiger partial charge in [0.15, 0.2) is 5.82 Å². The summed E-state index contributed by atoms with van der Waals surface area (Å²) in [7, 11) is 0. The van der Waals surface area contributed by atoms with Crippen molar-refractivity contribution in [2.75, 3.05) is 6.61 Å². The molecule has 1 heterocycles. The second-order valence-corrected chi connectivity index (χ2v) is 5.08. The van der Waals surface area contributed by atoms with E-state index < -0.39 is 5.97 Å². The van der Waals surface area contributed by atoms with E-state index in [-0.39, 0.29) is 5.56 Å². The van der Waals surface area contributed by atoms with Crippen molar-refractivity contribution in [3.63, 3.8) is 0 Å². The van der Waals surface area contributed by atoms with Crippen LogP contribution in [0.2, 0.25) is 0 Å².